The van der Waals surface area contributed by atoms with Crippen molar-refractivity contribution < 1.29 is 14.7 Å². The van der Waals surface area contributed by atoms with Gasteiger partial charge in [0.15, 0.2) is 0 Å². The number of hydrogen-bond acceptors (Lipinski definition) is 4. The third-order valence-corrected chi connectivity index (χ3v) is 5.67. The average Bonchev–Trinajstić information content (AvgIpc) is 3.04. The van der Waals surface area contributed by atoms with Crippen LogP contribution < -0.4 is 0 Å². The minimum atomic E-state index is -0.784. The van der Waals surface area contributed by atoms with Crippen molar-refractivity contribution in [3.8, 4) is 10.6 Å². The summed E-state index contributed by atoms with van der Waals surface area (Å²) in [6.07, 6.45) is 1.58. The Kier molecular flexibility index (Phi) is 5.61. The van der Waals surface area contributed by atoms with Crippen LogP contribution in [-0.4, -0.2) is 40.0 Å². The van der Waals surface area contributed by atoms with Crippen LogP contribution in [0.15, 0.2) is 23.6 Å². The molecule has 0 unspecified atom stereocenters. The number of hydrogen-bond donors (Lipinski definition) is 1. The molecule has 132 valence electrons. The largest absolute Gasteiger partial charge is 0.481 e. The standard InChI is InChI=1S/C17H16Cl2N2O3S/c18-11-1-2-12(13(19)8-11)16-20-14(9-25-16)17(24)21-5-3-10(4-6-21)7-15(22)23/h1-2,8-10H,3-7H2,(H,22,23). The number of benzene rings is 1. The molecule has 1 aliphatic heterocycles. The average molecular weight is 399 g/mol. The molecule has 0 aliphatic carbocycles. The molecule has 0 bridgehead atoms. The lowest BCUT2D eigenvalue weighted by atomic mass is 9.93. The Balaban J connectivity index is 1.68. The van der Waals surface area contributed by atoms with Gasteiger partial charge in [0.25, 0.3) is 5.91 Å². The number of aromatic nitrogens is 1. The number of nitrogens with zero attached hydrogens (tertiary/aromatic N) is 2. The summed E-state index contributed by atoms with van der Waals surface area (Å²) in [6.45, 7) is 1.12. The minimum Gasteiger partial charge on any atom is -0.481 e. The number of carbonyl (C=O) groups is 2. The molecule has 3 rings (SSSR count). The van der Waals surface area contributed by atoms with Gasteiger partial charge in [0.1, 0.15) is 10.7 Å². The first-order valence-corrected chi connectivity index (χ1v) is 9.49. The number of carboxylic acids is 1. The molecule has 1 saturated heterocycles. The Morgan fingerprint density at radius 2 is 2.00 bits per heavy atom. The number of carbonyl (C=O) groups excluding carboxylic acids is 1. The summed E-state index contributed by atoms with van der Waals surface area (Å²) < 4.78 is 0. The van der Waals surface area contributed by atoms with Gasteiger partial charge in [-0.1, -0.05) is 23.2 Å². The Morgan fingerprint density at radius 1 is 1.28 bits per heavy atom. The molecule has 0 atom stereocenters. The van der Waals surface area contributed by atoms with Crippen LogP contribution in [0.1, 0.15) is 29.8 Å². The second-order valence-electron chi connectivity index (χ2n) is 6.00. The predicted octanol–water partition coefficient (Wildman–Crippen LogP) is 4.44. The number of rotatable bonds is 4. The third kappa shape index (κ3) is 4.32. The fourth-order valence-electron chi connectivity index (χ4n) is 2.91. The van der Waals surface area contributed by atoms with Crippen molar-refractivity contribution in [1.29, 1.82) is 0 Å². The number of amides is 1. The van der Waals surface area contributed by atoms with E-state index in [9.17, 15) is 9.59 Å². The first-order valence-electron chi connectivity index (χ1n) is 7.86. The summed E-state index contributed by atoms with van der Waals surface area (Å²) in [4.78, 5) is 29.6. The number of aliphatic carboxylic acids is 1. The zero-order valence-corrected chi connectivity index (χ0v) is 15.6. The lowest BCUT2D eigenvalue weighted by Gasteiger charge is -2.30. The van der Waals surface area contributed by atoms with Gasteiger partial charge in [-0.05, 0) is 37.0 Å². The van der Waals surface area contributed by atoms with Gasteiger partial charge in [-0.15, -0.1) is 11.3 Å². The highest BCUT2D eigenvalue weighted by Gasteiger charge is 2.26. The fraction of sp³-hybridized carbons (Fsp3) is 0.353. The molecule has 1 aliphatic rings. The van der Waals surface area contributed by atoms with E-state index in [0.29, 0.717) is 46.7 Å². The van der Waals surface area contributed by atoms with Crippen LogP contribution in [0, 0.1) is 5.92 Å². The summed E-state index contributed by atoms with van der Waals surface area (Å²) >= 11 is 13.5. The Labute approximate surface area is 159 Å². The van der Waals surface area contributed by atoms with Crippen molar-refractivity contribution in [1.82, 2.24) is 9.88 Å². The van der Waals surface area contributed by atoms with Crippen LogP contribution in [0.4, 0.5) is 0 Å². The fourth-order valence-corrected chi connectivity index (χ4v) is 4.29. The highest BCUT2D eigenvalue weighted by molar-refractivity contribution is 7.13. The molecule has 2 heterocycles. The topological polar surface area (TPSA) is 70.5 Å². The van der Waals surface area contributed by atoms with E-state index in [2.05, 4.69) is 4.98 Å². The van der Waals surface area contributed by atoms with Gasteiger partial charge < -0.3 is 10.0 Å². The van der Waals surface area contributed by atoms with Crippen LogP contribution in [0.3, 0.4) is 0 Å². The van der Waals surface area contributed by atoms with E-state index in [4.69, 9.17) is 28.3 Å². The van der Waals surface area contributed by atoms with Gasteiger partial charge in [-0.2, -0.15) is 0 Å². The molecule has 1 fully saturated rings. The second kappa shape index (κ2) is 7.72. The van der Waals surface area contributed by atoms with Crippen LogP contribution in [0.5, 0.6) is 0 Å². The zero-order valence-electron chi connectivity index (χ0n) is 13.2. The summed E-state index contributed by atoms with van der Waals surface area (Å²) in [6, 6.07) is 5.17. The third-order valence-electron chi connectivity index (χ3n) is 4.25. The van der Waals surface area contributed by atoms with Gasteiger partial charge in [0, 0.05) is 35.5 Å². The summed E-state index contributed by atoms with van der Waals surface area (Å²) in [5.74, 6) is -0.768. The van der Waals surface area contributed by atoms with Crippen molar-refractivity contribution in [2.24, 2.45) is 5.92 Å². The SMILES string of the molecule is O=C(O)CC1CCN(C(=O)c2csc(-c3ccc(Cl)cc3Cl)n2)CC1. The highest BCUT2D eigenvalue weighted by atomic mass is 35.5. The van der Waals surface area contributed by atoms with Crippen LogP contribution in [0.25, 0.3) is 10.6 Å². The quantitative estimate of drug-likeness (QED) is 0.825. The molecular weight excluding hydrogens is 383 g/mol. The molecule has 8 heteroatoms. The van der Waals surface area contributed by atoms with Crippen LogP contribution in [0.2, 0.25) is 10.0 Å². The van der Waals surface area contributed by atoms with Crippen molar-refractivity contribution in [2.45, 2.75) is 19.3 Å². The lowest BCUT2D eigenvalue weighted by Crippen LogP contribution is -2.39. The molecule has 5 nitrogen and oxygen atoms in total. The molecule has 0 spiro atoms. The molecule has 0 saturated carbocycles. The first kappa shape index (κ1) is 18.2. The van der Waals surface area contributed by atoms with Crippen molar-refractivity contribution >= 4 is 46.4 Å². The van der Waals surface area contributed by atoms with Gasteiger partial charge in [-0.25, -0.2) is 4.98 Å². The molecular formula is C17H16Cl2N2O3S. The predicted molar refractivity (Wildman–Crippen MR) is 98.5 cm³/mol. The van der Waals surface area contributed by atoms with Gasteiger partial charge in [0.2, 0.25) is 0 Å². The Morgan fingerprint density at radius 3 is 2.64 bits per heavy atom. The second-order valence-corrected chi connectivity index (χ2v) is 7.70. The monoisotopic (exact) mass is 398 g/mol. The van der Waals surface area contributed by atoms with E-state index in [0.717, 1.165) is 5.56 Å². The highest BCUT2D eigenvalue weighted by Crippen LogP contribution is 2.33. The number of likely N-dealkylation sites (tertiary alicyclic amines) is 1. The van der Waals surface area contributed by atoms with Crippen LogP contribution >= 0.6 is 34.5 Å². The van der Waals surface area contributed by atoms with Gasteiger partial charge >= 0.3 is 5.97 Å². The zero-order chi connectivity index (χ0) is 18.0. The van der Waals surface area contributed by atoms with E-state index in [-0.39, 0.29) is 18.2 Å². The summed E-state index contributed by atoms with van der Waals surface area (Å²) in [7, 11) is 0. The summed E-state index contributed by atoms with van der Waals surface area (Å²) in [5.41, 5.74) is 1.14. The number of carboxylic acid groups (broad SMARTS) is 1. The molecule has 2 aromatic rings. The van der Waals surface area contributed by atoms with E-state index < -0.39 is 5.97 Å². The minimum absolute atomic E-state index is 0.124. The molecule has 25 heavy (non-hydrogen) atoms. The molecule has 1 aromatic carbocycles. The van der Waals surface area contributed by atoms with Crippen LogP contribution in [-0.2, 0) is 4.79 Å². The maximum atomic E-state index is 12.6. The van der Waals surface area contributed by atoms with E-state index in [1.54, 1.807) is 28.5 Å². The maximum absolute atomic E-state index is 12.6. The normalized spacial score (nSPS) is 15.4. The molecule has 1 N–H and O–H groups in total. The Hall–Kier alpha value is -1.63. The number of thiazole rings is 1. The van der Waals surface area contributed by atoms with Gasteiger partial charge in [-0.3, -0.25) is 9.59 Å². The first-order chi connectivity index (χ1) is 11.9. The van der Waals surface area contributed by atoms with Gasteiger partial charge in [0.05, 0.1) is 5.02 Å². The van der Waals surface area contributed by atoms with Crippen molar-refractivity contribution in [3.63, 3.8) is 0 Å². The van der Waals surface area contributed by atoms with E-state index in [1.807, 2.05) is 0 Å². The van der Waals surface area contributed by atoms with Crippen molar-refractivity contribution in [3.05, 3.63) is 39.3 Å². The number of halogens is 2. The van der Waals surface area contributed by atoms with Crippen molar-refractivity contribution in [2.75, 3.05) is 13.1 Å². The smallest absolute Gasteiger partial charge is 0.303 e. The molecule has 1 aromatic heterocycles. The maximum Gasteiger partial charge on any atom is 0.303 e. The number of piperidine rings is 1. The lowest BCUT2D eigenvalue weighted by molar-refractivity contribution is -0.138. The summed E-state index contributed by atoms with van der Waals surface area (Å²) in [5, 5.41) is 12.3. The van der Waals surface area contributed by atoms with E-state index >= 15 is 0 Å². The molecule has 1 amide bonds. The Bertz CT molecular complexity index is 801. The molecule has 0 radical (unpaired) electrons. The van der Waals surface area contributed by atoms with E-state index in [1.165, 1.54) is 11.3 Å².